The number of hydrogen-bond acceptors (Lipinski definition) is 5. The maximum Gasteiger partial charge on any atom is 0.227 e. The van der Waals surface area contributed by atoms with Gasteiger partial charge in [0, 0.05) is 37.8 Å². The normalized spacial score (nSPS) is 21.5. The summed E-state index contributed by atoms with van der Waals surface area (Å²) in [4.78, 5) is 31.3. The first-order valence-electron chi connectivity index (χ1n) is 13.0. The van der Waals surface area contributed by atoms with Crippen LogP contribution in [0.2, 0.25) is 0 Å². The Morgan fingerprint density at radius 2 is 1.53 bits per heavy atom. The maximum atomic E-state index is 13.7. The van der Waals surface area contributed by atoms with Crippen LogP contribution >= 0.6 is 0 Å². The molecule has 7 heteroatoms. The molecule has 1 N–H and O–H groups in total. The molecule has 0 saturated carbocycles. The second-order valence-corrected chi connectivity index (χ2v) is 10.3. The number of rotatable bonds is 8. The third kappa shape index (κ3) is 6.01. The lowest BCUT2D eigenvalue weighted by Crippen LogP contribution is -2.52. The van der Waals surface area contributed by atoms with E-state index < -0.39 is 6.04 Å². The van der Waals surface area contributed by atoms with Gasteiger partial charge in [0.05, 0.1) is 26.2 Å². The molecule has 0 spiro atoms. The first kappa shape index (κ1) is 26.0. The SMILES string of the molecule is COc1ccc(C2C(C(=O)NC3CCN(CC(C)C)CC3)CCC(=O)N2c2ccc(OC)cc2)cc1. The van der Waals surface area contributed by atoms with Crippen LogP contribution in [0.5, 0.6) is 11.5 Å². The summed E-state index contributed by atoms with van der Waals surface area (Å²) >= 11 is 0. The molecule has 36 heavy (non-hydrogen) atoms. The van der Waals surface area contributed by atoms with Crippen LogP contribution in [0.25, 0.3) is 0 Å². The fourth-order valence-electron chi connectivity index (χ4n) is 5.48. The van der Waals surface area contributed by atoms with Crippen LogP contribution in [-0.2, 0) is 9.59 Å². The molecule has 2 amide bonds. The summed E-state index contributed by atoms with van der Waals surface area (Å²) in [6.07, 6.45) is 2.78. The minimum Gasteiger partial charge on any atom is -0.497 e. The largest absolute Gasteiger partial charge is 0.497 e. The number of nitrogens with zero attached hydrogens (tertiary/aromatic N) is 2. The topological polar surface area (TPSA) is 71.1 Å². The van der Waals surface area contributed by atoms with Gasteiger partial charge in [-0.3, -0.25) is 9.59 Å². The predicted octanol–water partition coefficient (Wildman–Crippen LogP) is 4.42. The van der Waals surface area contributed by atoms with Crippen LogP contribution in [-0.4, -0.2) is 56.6 Å². The molecule has 7 nitrogen and oxygen atoms in total. The van der Waals surface area contributed by atoms with E-state index in [4.69, 9.17) is 9.47 Å². The van der Waals surface area contributed by atoms with Gasteiger partial charge < -0.3 is 24.6 Å². The van der Waals surface area contributed by atoms with Gasteiger partial charge in [-0.25, -0.2) is 0 Å². The Balaban J connectivity index is 1.57. The standard InChI is InChI=1S/C29H39N3O4/c1-20(2)19-31-17-15-22(16-18-31)30-29(34)26-13-14-27(33)32(23-7-11-25(36-4)12-8-23)28(26)21-5-9-24(35-3)10-6-21/h5-12,20,22,26,28H,13-19H2,1-4H3,(H,30,34). The third-order valence-corrected chi connectivity index (χ3v) is 7.30. The van der Waals surface area contributed by atoms with Crippen molar-refractivity contribution in [2.45, 2.75) is 51.6 Å². The second kappa shape index (κ2) is 11.8. The molecule has 2 aliphatic heterocycles. The van der Waals surface area contributed by atoms with Gasteiger partial charge >= 0.3 is 0 Å². The van der Waals surface area contributed by atoms with Crippen LogP contribution < -0.4 is 19.7 Å². The Morgan fingerprint density at radius 1 is 0.944 bits per heavy atom. The molecule has 0 bridgehead atoms. The van der Waals surface area contributed by atoms with Gasteiger partial charge in [0.15, 0.2) is 0 Å². The van der Waals surface area contributed by atoms with Gasteiger partial charge in [-0.1, -0.05) is 26.0 Å². The molecule has 2 saturated heterocycles. The molecule has 2 aromatic carbocycles. The number of benzene rings is 2. The summed E-state index contributed by atoms with van der Waals surface area (Å²) in [5, 5.41) is 3.34. The summed E-state index contributed by atoms with van der Waals surface area (Å²) in [6, 6.07) is 14.9. The molecule has 0 aromatic heterocycles. The van der Waals surface area contributed by atoms with Crippen LogP contribution in [0, 0.1) is 11.8 Å². The van der Waals surface area contributed by atoms with E-state index in [0.29, 0.717) is 18.8 Å². The zero-order chi connectivity index (χ0) is 25.7. The number of amides is 2. The van der Waals surface area contributed by atoms with Crippen molar-refractivity contribution in [1.29, 1.82) is 0 Å². The number of carbonyl (C=O) groups is 2. The zero-order valence-electron chi connectivity index (χ0n) is 21.9. The van der Waals surface area contributed by atoms with Crippen molar-refractivity contribution in [2.24, 2.45) is 11.8 Å². The summed E-state index contributed by atoms with van der Waals surface area (Å²) in [5.74, 6) is 1.82. The Kier molecular flexibility index (Phi) is 8.52. The van der Waals surface area contributed by atoms with Gasteiger partial charge in [-0.15, -0.1) is 0 Å². The first-order valence-corrected chi connectivity index (χ1v) is 13.0. The zero-order valence-corrected chi connectivity index (χ0v) is 21.9. The van der Waals surface area contributed by atoms with E-state index in [0.717, 1.165) is 55.2 Å². The van der Waals surface area contributed by atoms with Crippen molar-refractivity contribution < 1.29 is 19.1 Å². The van der Waals surface area contributed by atoms with E-state index in [1.54, 1.807) is 19.1 Å². The van der Waals surface area contributed by atoms with Gasteiger partial charge in [0.25, 0.3) is 0 Å². The number of nitrogens with one attached hydrogen (secondary N) is 1. The molecule has 2 heterocycles. The lowest BCUT2D eigenvalue weighted by molar-refractivity contribution is -0.130. The first-order chi connectivity index (χ1) is 17.4. The Hall–Kier alpha value is -3.06. The van der Waals surface area contributed by atoms with Crippen LogP contribution in [0.1, 0.15) is 51.1 Å². The van der Waals surface area contributed by atoms with E-state index >= 15 is 0 Å². The highest BCUT2D eigenvalue weighted by atomic mass is 16.5. The van der Waals surface area contributed by atoms with Crippen molar-refractivity contribution in [1.82, 2.24) is 10.2 Å². The molecular weight excluding hydrogens is 454 g/mol. The van der Waals surface area contributed by atoms with Crippen molar-refractivity contribution in [3.05, 3.63) is 54.1 Å². The number of ether oxygens (including phenoxy) is 2. The summed E-state index contributed by atoms with van der Waals surface area (Å²) in [6.45, 7) is 7.60. The lowest BCUT2D eigenvalue weighted by Gasteiger charge is -2.42. The van der Waals surface area contributed by atoms with Crippen molar-refractivity contribution in [2.75, 3.05) is 38.8 Å². The predicted molar refractivity (Wildman–Crippen MR) is 141 cm³/mol. The number of carbonyl (C=O) groups excluding carboxylic acids is 2. The molecular formula is C29H39N3O4. The third-order valence-electron chi connectivity index (χ3n) is 7.30. The molecule has 2 aliphatic rings. The summed E-state index contributed by atoms with van der Waals surface area (Å²) in [7, 11) is 3.25. The number of methoxy groups -OCH3 is 2. The van der Waals surface area contributed by atoms with Crippen molar-refractivity contribution in [3.8, 4) is 11.5 Å². The molecule has 2 fully saturated rings. The highest BCUT2D eigenvalue weighted by Gasteiger charge is 2.42. The molecule has 2 unspecified atom stereocenters. The number of anilines is 1. The smallest absolute Gasteiger partial charge is 0.227 e. The minimum absolute atomic E-state index is 0.0204. The van der Waals surface area contributed by atoms with E-state index in [1.165, 1.54) is 0 Å². The fourth-order valence-corrected chi connectivity index (χ4v) is 5.48. The van der Waals surface area contributed by atoms with Crippen LogP contribution in [0.15, 0.2) is 48.5 Å². The number of likely N-dealkylation sites (tertiary alicyclic amines) is 1. The van der Waals surface area contributed by atoms with Gasteiger partial charge in [-0.05, 0) is 67.1 Å². The molecule has 4 rings (SSSR count). The van der Waals surface area contributed by atoms with E-state index in [9.17, 15) is 9.59 Å². The Bertz CT molecular complexity index is 1010. The van der Waals surface area contributed by atoms with Crippen molar-refractivity contribution >= 4 is 17.5 Å². The molecule has 194 valence electrons. The quantitative estimate of drug-likeness (QED) is 0.589. The lowest BCUT2D eigenvalue weighted by atomic mass is 9.82. The van der Waals surface area contributed by atoms with Crippen LogP contribution in [0.4, 0.5) is 5.69 Å². The van der Waals surface area contributed by atoms with Gasteiger partial charge in [0.2, 0.25) is 11.8 Å². The van der Waals surface area contributed by atoms with E-state index in [-0.39, 0.29) is 23.8 Å². The van der Waals surface area contributed by atoms with Crippen LogP contribution in [0.3, 0.4) is 0 Å². The Labute approximate surface area is 214 Å². The van der Waals surface area contributed by atoms with E-state index in [2.05, 4.69) is 24.1 Å². The highest BCUT2D eigenvalue weighted by Crippen LogP contribution is 2.41. The summed E-state index contributed by atoms with van der Waals surface area (Å²) in [5.41, 5.74) is 1.69. The fraction of sp³-hybridized carbons (Fsp3) is 0.517. The molecule has 2 atom stereocenters. The number of piperidine rings is 2. The molecule has 0 radical (unpaired) electrons. The monoisotopic (exact) mass is 493 g/mol. The maximum absolute atomic E-state index is 13.7. The average Bonchev–Trinajstić information content (AvgIpc) is 2.89. The minimum atomic E-state index is -0.397. The average molecular weight is 494 g/mol. The van der Waals surface area contributed by atoms with Gasteiger partial charge in [-0.2, -0.15) is 0 Å². The van der Waals surface area contributed by atoms with Crippen molar-refractivity contribution in [3.63, 3.8) is 0 Å². The van der Waals surface area contributed by atoms with Gasteiger partial charge in [0.1, 0.15) is 11.5 Å². The highest BCUT2D eigenvalue weighted by molar-refractivity contribution is 5.97. The summed E-state index contributed by atoms with van der Waals surface area (Å²) < 4.78 is 10.7. The molecule has 0 aliphatic carbocycles. The Morgan fingerprint density at radius 3 is 2.08 bits per heavy atom. The number of hydrogen-bond donors (Lipinski definition) is 1. The molecule has 2 aromatic rings. The van der Waals surface area contributed by atoms with E-state index in [1.807, 2.05) is 48.5 Å². The second-order valence-electron chi connectivity index (χ2n) is 10.3.